The van der Waals surface area contributed by atoms with Crippen LogP contribution >= 0.6 is 0 Å². The van der Waals surface area contributed by atoms with Crippen LogP contribution in [0, 0.1) is 41.5 Å². The molecule has 6 nitrogen and oxygen atoms in total. The van der Waals surface area contributed by atoms with E-state index in [2.05, 4.69) is 107 Å². The van der Waals surface area contributed by atoms with Crippen LogP contribution in [0.25, 0.3) is 0 Å². The van der Waals surface area contributed by atoms with Crippen LogP contribution in [-0.4, -0.2) is 47.2 Å². The Bertz CT molecular complexity index is 1470. The molecule has 0 bridgehead atoms. The quantitative estimate of drug-likeness (QED) is 0.409. The number of hydrogen-bond donors (Lipinski definition) is 0. The molecule has 39 heavy (non-hydrogen) atoms. The number of oxime groups is 2. The van der Waals surface area contributed by atoms with E-state index in [0.29, 0.717) is 12.8 Å². The van der Waals surface area contributed by atoms with Crippen LogP contribution < -0.4 is 0 Å². The van der Waals surface area contributed by atoms with Crippen molar-refractivity contribution in [2.75, 3.05) is 20.1 Å². The van der Waals surface area contributed by atoms with Crippen molar-refractivity contribution in [3.63, 3.8) is 0 Å². The molecule has 6 heteroatoms. The van der Waals surface area contributed by atoms with Gasteiger partial charge in [-0.25, -0.2) is 0 Å². The third-order valence-corrected chi connectivity index (χ3v) is 8.71. The second-order valence-electron chi connectivity index (χ2n) is 11.7. The maximum atomic E-state index is 6.61. The van der Waals surface area contributed by atoms with E-state index in [0.717, 1.165) is 35.8 Å². The van der Waals surface area contributed by atoms with Crippen molar-refractivity contribution < 1.29 is 9.68 Å². The summed E-state index contributed by atoms with van der Waals surface area (Å²) in [6.07, 6.45) is 1.24. The summed E-state index contributed by atoms with van der Waals surface area (Å²) >= 11 is 0. The molecule has 0 N–H and O–H groups in total. The van der Waals surface area contributed by atoms with Gasteiger partial charge in [0.15, 0.2) is 5.84 Å². The zero-order valence-corrected chi connectivity index (χ0v) is 24.1. The fraction of sp³-hybridized carbons (Fsp3) is 0.394. The van der Waals surface area contributed by atoms with Gasteiger partial charge in [-0.3, -0.25) is 4.90 Å². The highest BCUT2D eigenvalue weighted by molar-refractivity contribution is 6.04. The van der Waals surface area contributed by atoms with E-state index >= 15 is 0 Å². The predicted octanol–water partition coefficient (Wildman–Crippen LogP) is 6.24. The highest BCUT2D eigenvalue weighted by Gasteiger charge is 2.59. The van der Waals surface area contributed by atoms with Crippen LogP contribution in [0.1, 0.15) is 62.9 Å². The SMILES string of the molecule is Cc1cc(C)c(C2=NO[C@@]3(C2)C[C@]2(c4ccccc4)ON=C(c4c(C)cc(C)cc4C)N2CCN3C)c(C)c1. The van der Waals surface area contributed by atoms with Gasteiger partial charge in [0.2, 0.25) is 11.4 Å². The maximum absolute atomic E-state index is 6.61. The lowest BCUT2D eigenvalue weighted by Crippen LogP contribution is -2.52. The lowest BCUT2D eigenvalue weighted by atomic mass is 9.86. The fourth-order valence-electron chi connectivity index (χ4n) is 7.02. The molecular formula is C33H38N4O2. The van der Waals surface area contributed by atoms with E-state index in [-0.39, 0.29) is 0 Å². The van der Waals surface area contributed by atoms with Crippen molar-refractivity contribution in [2.45, 2.75) is 65.8 Å². The van der Waals surface area contributed by atoms with E-state index in [4.69, 9.17) is 20.0 Å². The minimum atomic E-state index is -0.812. The van der Waals surface area contributed by atoms with Crippen LogP contribution in [0.5, 0.6) is 0 Å². The van der Waals surface area contributed by atoms with Crippen molar-refractivity contribution in [3.05, 3.63) is 105 Å². The van der Waals surface area contributed by atoms with Gasteiger partial charge in [-0.1, -0.05) is 76.0 Å². The first-order valence-electron chi connectivity index (χ1n) is 13.9. The number of amidine groups is 1. The van der Waals surface area contributed by atoms with Gasteiger partial charge in [0.1, 0.15) is 0 Å². The van der Waals surface area contributed by atoms with Crippen LogP contribution in [0.15, 0.2) is 64.9 Å². The highest BCUT2D eigenvalue weighted by atomic mass is 16.7. The van der Waals surface area contributed by atoms with Gasteiger partial charge in [-0.2, -0.15) is 0 Å². The Labute approximate surface area is 231 Å². The molecular weight excluding hydrogens is 484 g/mol. The second-order valence-corrected chi connectivity index (χ2v) is 11.7. The summed E-state index contributed by atoms with van der Waals surface area (Å²) in [6.45, 7) is 14.5. The molecule has 0 amide bonds. The Morgan fingerprint density at radius 3 is 1.92 bits per heavy atom. The Morgan fingerprint density at radius 2 is 1.31 bits per heavy atom. The number of aryl methyl sites for hydroxylation is 6. The average molecular weight is 523 g/mol. The predicted molar refractivity (Wildman–Crippen MR) is 156 cm³/mol. The molecule has 1 spiro atoms. The molecule has 0 unspecified atom stereocenters. The summed E-state index contributed by atoms with van der Waals surface area (Å²) in [5, 5.41) is 9.56. The Hall–Kier alpha value is -3.64. The van der Waals surface area contributed by atoms with E-state index in [1.165, 1.54) is 38.9 Å². The molecule has 3 aromatic rings. The smallest absolute Gasteiger partial charge is 0.242 e. The zero-order chi connectivity index (χ0) is 27.5. The van der Waals surface area contributed by atoms with Crippen LogP contribution in [0.3, 0.4) is 0 Å². The summed E-state index contributed by atoms with van der Waals surface area (Å²) in [6, 6.07) is 19.4. The molecule has 0 radical (unpaired) electrons. The van der Waals surface area contributed by atoms with Gasteiger partial charge in [-0.15, -0.1) is 0 Å². The summed E-state index contributed by atoms with van der Waals surface area (Å²) in [5.74, 6) is 0.892. The normalized spacial score (nSPS) is 24.6. The fourth-order valence-corrected chi connectivity index (χ4v) is 7.02. The molecule has 0 aliphatic carbocycles. The largest absolute Gasteiger partial charge is 0.372 e. The molecule has 1 fully saturated rings. The Kier molecular flexibility index (Phi) is 6.07. The molecule has 6 rings (SSSR count). The van der Waals surface area contributed by atoms with Crippen molar-refractivity contribution >= 4 is 11.5 Å². The number of likely N-dealkylation sites (N-methyl/N-ethyl adjacent to an activating group) is 1. The Morgan fingerprint density at radius 1 is 0.718 bits per heavy atom. The van der Waals surface area contributed by atoms with Gasteiger partial charge >= 0.3 is 0 Å². The first-order valence-corrected chi connectivity index (χ1v) is 13.9. The standard InChI is InChI=1S/C33H38N4O2/c1-21-15-23(3)29(24(4)16-21)28-19-32(38-34-28)20-33(27-11-9-8-10-12-27)37(14-13-36(32)7)31(35-39-33)30-25(5)17-22(2)18-26(30)6/h8-12,15-18H,13-14,19-20H2,1-7H3/t32-,33+/m0/s1. The number of hydrogen-bond acceptors (Lipinski definition) is 6. The average Bonchev–Trinajstić information content (AvgIpc) is 3.42. The highest BCUT2D eigenvalue weighted by Crippen LogP contribution is 2.49. The van der Waals surface area contributed by atoms with Crippen molar-refractivity contribution in [1.29, 1.82) is 0 Å². The van der Waals surface area contributed by atoms with Gasteiger partial charge in [0, 0.05) is 29.8 Å². The zero-order valence-electron chi connectivity index (χ0n) is 24.1. The molecule has 202 valence electrons. The summed E-state index contributed by atoms with van der Waals surface area (Å²) in [7, 11) is 2.15. The van der Waals surface area contributed by atoms with Gasteiger partial charge in [0.25, 0.3) is 0 Å². The molecule has 3 aliphatic heterocycles. The van der Waals surface area contributed by atoms with Crippen molar-refractivity contribution in [2.24, 2.45) is 10.3 Å². The molecule has 2 atom stereocenters. The topological polar surface area (TPSA) is 49.7 Å². The van der Waals surface area contributed by atoms with Gasteiger partial charge < -0.3 is 14.6 Å². The molecule has 3 heterocycles. The lowest BCUT2D eigenvalue weighted by molar-refractivity contribution is -0.188. The molecule has 0 aromatic heterocycles. The molecule has 3 aliphatic rings. The van der Waals surface area contributed by atoms with Gasteiger partial charge in [-0.05, 0) is 70.8 Å². The second kappa shape index (κ2) is 9.23. The van der Waals surface area contributed by atoms with Crippen LogP contribution in [0.4, 0.5) is 0 Å². The number of benzene rings is 3. The van der Waals surface area contributed by atoms with E-state index in [9.17, 15) is 0 Å². The summed E-state index contributed by atoms with van der Waals surface area (Å²) in [4.78, 5) is 17.8. The Balaban J connectivity index is 1.43. The van der Waals surface area contributed by atoms with E-state index in [1.54, 1.807) is 0 Å². The minimum absolute atomic E-state index is 0.564. The molecule has 0 saturated carbocycles. The number of nitrogens with zero attached hydrogens (tertiary/aromatic N) is 4. The van der Waals surface area contributed by atoms with E-state index in [1.807, 2.05) is 6.07 Å². The van der Waals surface area contributed by atoms with Crippen LogP contribution in [0.2, 0.25) is 0 Å². The first-order chi connectivity index (χ1) is 18.6. The first kappa shape index (κ1) is 25.6. The molecule has 3 aromatic carbocycles. The minimum Gasteiger partial charge on any atom is -0.372 e. The van der Waals surface area contributed by atoms with Gasteiger partial charge in [0.05, 0.1) is 18.6 Å². The van der Waals surface area contributed by atoms with Crippen molar-refractivity contribution in [1.82, 2.24) is 9.80 Å². The number of rotatable bonds is 3. The maximum Gasteiger partial charge on any atom is 0.242 e. The van der Waals surface area contributed by atoms with Crippen LogP contribution in [-0.2, 0) is 15.4 Å². The lowest BCUT2D eigenvalue weighted by Gasteiger charge is -2.40. The summed E-state index contributed by atoms with van der Waals surface area (Å²) in [5.41, 5.74) is 10.3. The monoisotopic (exact) mass is 522 g/mol. The molecule has 1 saturated heterocycles. The third kappa shape index (κ3) is 4.04. The van der Waals surface area contributed by atoms with Crippen molar-refractivity contribution in [3.8, 4) is 0 Å². The van der Waals surface area contributed by atoms with E-state index < -0.39 is 11.4 Å². The summed E-state index contributed by atoms with van der Waals surface area (Å²) < 4.78 is 0. The third-order valence-electron chi connectivity index (χ3n) is 8.71. The number of fused-ring (bicyclic) bond motifs is 1.